The van der Waals surface area contributed by atoms with Crippen LogP contribution in [0.4, 0.5) is 0 Å². The van der Waals surface area contributed by atoms with Crippen LogP contribution in [0, 0.1) is 6.92 Å². The van der Waals surface area contributed by atoms with E-state index in [-0.39, 0.29) is 10.8 Å². The van der Waals surface area contributed by atoms with Gasteiger partial charge >= 0.3 is 0 Å². The lowest BCUT2D eigenvalue weighted by atomic mass is 10.2. The first-order valence-electron chi connectivity index (χ1n) is 4.88. The molecule has 0 spiro atoms. The first kappa shape index (κ1) is 12.1. The third-order valence-corrected chi connectivity index (χ3v) is 3.90. The fourth-order valence-electron chi connectivity index (χ4n) is 1.90. The van der Waals surface area contributed by atoms with Crippen LogP contribution in [0.2, 0.25) is 0 Å². The van der Waals surface area contributed by atoms with Gasteiger partial charge in [0.05, 0.1) is 10.4 Å². The van der Waals surface area contributed by atoms with Gasteiger partial charge in [0.15, 0.2) is 0 Å². The van der Waals surface area contributed by atoms with E-state index in [1.54, 1.807) is 19.1 Å². The van der Waals surface area contributed by atoms with E-state index in [9.17, 15) is 13.2 Å². The standard InChI is InChI=1S/C11H10ClNO3S/c1-7-5-9-6-10(17(12,15)16)3-4-11(9)13(7)8(2)14/h3-6H,1-2H3. The summed E-state index contributed by atoms with van der Waals surface area (Å²) in [4.78, 5) is 11.5. The Hall–Kier alpha value is -1.33. The van der Waals surface area contributed by atoms with Crippen LogP contribution in [-0.2, 0) is 9.05 Å². The monoisotopic (exact) mass is 271 g/mol. The lowest BCUT2D eigenvalue weighted by Gasteiger charge is -2.02. The summed E-state index contributed by atoms with van der Waals surface area (Å²) in [5.74, 6) is -0.112. The van der Waals surface area contributed by atoms with Gasteiger partial charge < -0.3 is 0 Å². The highest BCUT2D eigenvalue weighted by Gasteiger charge is 2.14. The summed E-state index contributed by atoms with van der Waals surface area (Å²) < 4.78 is 23.9. The van der Waals surface area contributed by atoms with E-state index in [1.165, 1.54) is 23.6 Å². The second kappa shape index (κ2) is 3.85. The summed E-state index contributed by atoms with van der Waals surface area (Å²) in [6, 6.07) is 6.19. The van der Waals surface area contributed by atoms with Crippen LogP contribution in [0.25, 0.3) is 10.9 Å². The molecule has 4 nitrogen and oxygen atoms in total. The van der Waals surface area contributed by atoms with Gasteiger partial charge in [-0.2, -0.15) is 0 Å². The Kier molecular flexibility index (Phi) is 2.75. The number of aromatic nitrogens is 1. The minimum Gasteiger partial charge on any atom is -0.285 e. The zero-order valence-corrected chi connectivity index (χ0v) is 10.8. The van der Waals surface area contributed by atoms with E-state index in [0.717, 1.165) is 5.69 Å². The number of nitrogens with zero attached hydrogens (tertiary/aromatic N) is 1. The molecule has 0 aliphatic rings. The molecule has 2 aromatic rings. The van der Waals surface area contributed by atoms with Crippen LogP contribution in [0.15, 0.2) is 29.2 Å². The van der Waals surface area contributed by atoms with Gasteiger partial charge in [0, 0.05) is 28.7 Å². The predicted octanol–water partition coefficient (Wildman–Crippen LogP) is 2.54. The van der Waals surface area contributed by atoms with E-state index in [4.69, 9.17) is 10.7 Å². The fourth-order valence-corrected chi connectivity index (χ4v) is 2.69. The molecule has 0 unspecified atom stereocenters. The number of aryl methyl sites for hydroxylation is 1. The van der Waals surface area contributed by atoms with Gasteiger partial charge in [0.2, 0.25) is 5.91 Å². The van der Waals surface area contributed by atoms with E-state index in [1.807, 2.05) is 0 Å². The van der Waals surface area contributed by atoms with E-state index in [2.05, 4.69) is 0 Å². The summed E-state index contributed by atoms with van der Waals surface area (Å²) >= 11 is 0. The average molecular weight is 272 g/mol. The van der Waals surface area contributed by atoms with Crippen molar-refractivity contribution >= 4 is 36.5 Å². The lowest BCUT2D eigenvalue weighted by molar-refractivity contribution is 0.0940. The molecule has 0 bridgehead atoms. The summed E-state index contributed by atoms with van der Waals surface area (Å²) in [7, 11) is 1.53. The molecule has 0 radical (unpaired) electrons. The summed E-state index contributed by atoms with van der Waals surface area (Å²) in [5.41, 5.74) is 1.44. The molecular weight excluding hydrogens is 262 g/mol. The molecule has 0 atom stereocenters. The molecule has 0 N–H and O–H groups in total. The zero-order chi connectivity index (χ0) is 12.8. The first-order valence-corrected chi connectivity index (χ1v) is 7.19. The quantitative estimate of drug-likeness (QED) is 0.749. The Morgan fingerprint density at radius 1 is 1.29 bits per heavy atom. The molecule has 0 aliphatic heterocycles. The maximum absolute atomic E-state index is 11.4. The molecule has 90 valence electrons. The Bertz CT molecular complexity index is 716. The number of fused-ring (bicyclic) bond motifs is 1. The molecule has 2 rings (SSSR count). The minimum absolute atomic E-state index is 0.0346. The van der Waals surface area contributed by atoms with Crippen LogP contribution in [0.3, 0.4) is 0 Å². The van der Waals surface area contributed by atoms with Crippen molar-refractivity contribution in [3.63, 3.8) is 0 Å². The third kappa shape index (κ3) is 2.08. The van der Waals surface area contributed by atoms with E-state index in [0.29, 0.717) is 10.9 Å². The molecule has 1 heterocycles. The third-order valence-electron chi connectivity index (χ3n) is 2.55. The van der Waals surface area contributed by atoms with Crippen LogP contribution >= 0.6 is 10.7 Å². The van der Waals surface area contributed by atoms with Crippen LogP contribution in [-0.4, -0.2) is 18.9 Å². The molecule has 0 saturated heterocycles. The number of benzene rings is 1. The van der Waals surface area contributed by atoms with Crippen molar-refractivity contribution in [1.82, 2.24) is 4.57 Å². The summed E-state index contributed by atoms with van der Waals surface area (Å²) in [5, 5.41) is 0.680. The first-order chi connectivity index (χ1) is 7.80. The van der Waals surface area contributed by atoms with Gasteiger partial charge in [-0.1, -0.05) is 0 Å². The number of carbonyl (C=O) groups is 1. The Morgan fingerprint density at radius 3 is 2.47 bits per heavy atom. The summed E-state index contributed by atoms with van der Waals surface area (Å²) in [6.07, 6.45) is 0. The molecule has 0 aliphatic carbocycles. The molecule has 17 heavy (non-hydrogen) atoms. The van der Waals surface area contributed by atoms with Crippen LogP contribution in [0.5, 0.6) is 0 Å². The van der Waals surface area contributed by atoms with Crippen molar-refractivity contribution in [1.29, 1.82) is 0 Å². The molecule has 0 amide bonds. The van der Waals surface area contributed by atoms with Crippen LogP contribution < -0.4 is 0 Å². The highest BCUT2D eigenvalue weighted by molar-refractivity contribution is 8.13. The van der Waals surface area contributed by atoms with E-state index < -0.39 is 9.05 Å². The highest BCUT2D eigenvalue weighted by Crippen LogP contribution is 2.24. The minimum atomic E-state index is -3.74. The Labute approximate surface area is 103 Å². The molecule has 1 aromatic heterocycles. The van der Waals surface area contributed by atoms with Gasteiger partial charge in [0.25, 0.3) is 9.05 Å². The van der Waals surface area contributed by atoms with E-state index >= 15 is 0 Å². The fraction of sp³-hybridized carbons (Fsp3) is 0.182. The van der Waals surface area contributed by atoms with Gasteiger partial charge in [-0.3, -0.25) is 9.36 Å². The lowest BCUT2D eigenvalue weighted by Crippen LogP contribution is -2.06. The number of hydrogen-bond acceptors (Lipinski definition) is 3. The largest absolute Gasteiger partial charge is 0.285 e. The second-order valence-electron chi connectivity index (χ2n) is 3.80. The number of hydrogen-bond donors (Lipinski definition) is 0. The number of rotatable bonds is 1. The van der Waals surface area contributed by atoms with Crippen LogP contribution in [0.1, 0.15) is 17.4 Å². The van der Waals surface area contributed by atoms with Gasteiger partial charge in [-0.25, -0.2) is 8.42 Å². The number of carbonyl (C=O) groups excluding carboxylic acids is 1. The van der Waals surface area contributed by atoms with Crippen molar-refractivity contribution in [2.75, 3.05) is 0 Å². The molecule has 0 fully saturated rings. The van der Waals surface area contributed by atoms with Crippen molar-refractivity contribution in [2.45, 2.75) is 18.7 Å². The smallest absolute Gasteiger partial charge is 0.261 e. The van der Waals surface area contributed by atoms with Crippen molar-refractivity contribution in [3.05, 3.63) is 30.0 Å². The summed E-state index contributed by atoms with van der Waals surface area (Å²) in [6.45, 7) is 3.24. The second-order valence-corrected chi connectivity index (χ2v) is 6.36. The molecule has 1 aromatic carbocycles. The SMILES string of the molecule is CC(=O)n1c(C)cc2cc(S(=O)(=O)Cl)ccc21. The van der Waals surface area contributed by atoms with Crippen molar-refractivity contribution in [2.24, 2.45) is 0 Å². The maximum Gasteiger partial charge on any atom is 0.261 e. The Balaban J connectivity index is 2.79. The van der Waals surface area contributed by atoms with Gasteiger partial charge in [0.1, 0.15) is 0 Å². The topological polar surface area (TPSA) is 56.1 Å². The molecule has 6 heteroatoms. The van der Waals surface area contributed by atoms with Crippen molar-refractivity contribution in [3.8, 4) is 0 Å². The predicted molar refractivity (Wildman–Crippen MR) is 66.0 cm³/mol. The number of halogens is 1. The average Bonchev–Trinajstić information content (AvgIpc) is 2.50. The Morgan fingerprint density at radius 2 is 1.94 bits per heavy atom. The van der Waals surface area contributed by atoms with Gasteiger partial charge in [-0.05, 0) is 31.2 Å². The highest BCUT2D eigenvalue weighted by atomic mass is 35.7. The molecular formula is C11H10ClNO3S. The maximum atomic E-state index is 11.4. The van der Waals surface area contributed by atoms with Crippen molar-refractivity contribution < 1.29 is 13.2 Å². The van der Waals surface area contributed by atoms with Gasteiger partial charge in [-0.15, -0.1) is 0 Å². The normalized spacial score (nSPS) is 11.9. The molecule has 0 saturated carbocycles. The zero-order valence-electron chi connectivity index (χ0n) is 9.27.